The van der Waals surface area contributed by atoms with Crippen molar-refractivity contribution in [3.63, 3.8) is 0 Å². The summed E-state index contributed by atoms with van der Waals surface area (Å²) in [4.78, 5) is 22.8. The third-order valence-electron chi connectivity index (χ3n) is 4.81. The summed E-state index contributed by atoms with van der Waals surface area (Å²) >= 11 is 0. The van der Waals surface area contributed by atoms with Crippen LogP contribution in [-0.2, 0) is 16.6 Å². The molecular formula is C20H23N3O3. The van der Waals surface area contributed by atoms with Crippen LogP contribution in [0.25, 0.3) is 21.8 Å². The van der Waals surface area contributed by atoms with E-state index in [1.54, 1.807) is 0 Å². The van der Waals surface area contributed by atoms with Crippen molar-refractivity contribution >= 4 is 33.7 Å². The summed E-state index contributed by atoms with van der Waals surface area (Å²) in [6.07, 6.45) is 0.213. The van der Waals surface area contributed by atoms with Gasteiger partial charge >= 0.3 is 5.97 Å². The maximum Gasteiger partial charge on any atom is 0.320 e. The van der Waals surface area contributed by atoms with E-state index >= 15 is 0 Å². The van der Waals surface area contributed by atoms with Gasteiger partial charge in [0.15, 0.2) is 0 Å². The quantitative estimate of drug-likeness (QED) is 0.635. The molecule has 0 spiro atoms. The second-order valence-electron chi connectivity index (χ2n) is 6.63. The van der Waals surface area contributed by atoms with Crippen molar-refractivity contribution in [1.82, 2.24) is 9.88 Å². The minimum atomic E-state index is -1.09. The lowest BCUT2D eigenvalue weighted by molar-refractivity contribution is -0.138. The average molecular weight is 353 g/mol. The molecule has 6 nitrogen and oxygen atoms in total. The van der Waals surface area contributed by atoms with Crippen LogP contribution in [0.2, 0.25) is 0 Å². The molecule has 136 valence electrons. The molecule has 2 aromatic carbocycles. The number of amides is 1. The lowest BCUT2D eigenvalue weighted by atomic mass is 10.0. The van der Waals surface area contributed by atoms with Gasteiger partial charge in [0.1, 0.15) is 6.04 Å². The molecule has 0 aliphatic rings. The molecule has 26 heavy (non-hydrogen) atoms. The van der Waals surface area contributed by atoms with Crippen LogP contribution >= 0.6 is 0 Å². The number of carbonyl (C=O) groups is 2. The number of aryl methyl sites for hydroxylation is 1. The van der Waals surface area contributed by atoms with Gasteiger partial charge in [0.25, 0.3) is 0 Å². The van der Waals surface area contributed by atoms with Crippen LogP contribution in [0.4, 0.5) is 0 Å². The third kappa shape index (κ3) is 3.41. The molecule has 2 atom stereocenters. The predicted octanol–water partition coefficient (Wildman–Crippen LogP) is 2.70. The van der Waals surface area contributed by atoms with Gasteiger partial charge < -0.3 is 20.7 Å². The van der Waals surface area contributed by atoms with Crippen LogP contribution in [0.15, 0.2) is 42.5 Å². The molecule has 0 radical (unpaired) electrons. The standard InChI is InChI=1S/C20H23N3O3/c1-12(22-19(24)10-8-16(21)20(25)26)13-7-9-18-15(11-13)14-5-3-4-6-17(14)23(18)2/h3-7,9,11-12,16H,8,10,21H2,1-2H3,(H,22,24)(H,25,26)/t12-,16-/m0/s1. The average Bonchev–Trinajstić information content (AvgIpc) is 2.92. The highest BCUT2D eigenvalue weighted by atomic mass is 16.4. The van der Waals surface area contributed by atoms with Gasteiger partial charge in [0.05, 0.1) is 6.04 Å². The number of aliphatic carboxylic acids is 1. The minimum absolute atomic E-state index is 0.0916. The summed E-state index contributed by atoms with van der Waals surface area (Å²) < 4.78 is 2.16. The smallest absolute Gasteiger partial charge is 0.320 e. The number of carboxylic acids is 1. The van der Waals surface area contributed by atoms with Crippen LogP contribution in [0.1, 0.15) is 31.4 Å². The molecule has 1 aromatic heterocycles. The fraction of sp³-hybridized carbons (Fsp3) is 0.300. The predicted molar refractivity (Wildman–Crippen MR) is 102 cm³/mol. The monoisotopic (exact) mass is 353 g/mol. The maximum absolute atomic E-state index is 12.1. The Kier molecular flexibility index (Phi) is 4.95. The van der Waals surface area contributed by atoms with Crippen LogP contribution < -0.4 is 11.1 Å². The molecule has 4 N–H and O–H groups in total. The Morgan fingerprint density at radius 3 is 2.58 bits per heavy atom. The molecule has 6 heteroatoms. The van der Waals surface area contributed by atoms with Crippen LogP contribution in [0.5, 0.6) is 0 Å². The Morgan fingerprint density at radius 1 is 1.15 bits per heavy atom. The molecule has 0 fully saturated rings. The number of hydrogen-bond donors (Lipinski definition) is 3. The number of nitrogens with zero attached hydrogens (tertiary/aromatic N) is 1. The first-order valence-corrected chi connectivity index (χ1v) is 8.63. The van der Waals surface area contributed by atoms with E-state index < -0.39 is 12.0 Å². The summed E-state index contributed by atoms with van der Waals surface area (Å²) in [5, 5.41) is 14.0. The van der Waals surface area contributed by atoms with E-state index in [2.05, 4.69) is 34.1 Å². The second-order valence-corrected chi connectivity index (χ2v) is 6.63. The highest BCUT2D eigenvalue weighted by molar-refractivity contribution is 6.08. The van der Waals surface area contributed by atoms with Gasteiger partial charge in [-0.05, 0) is 37.1 Å². The van der Waals surface area contributed by atoms with Crippen molar-refractivity contribution in [2.75, 3.05) is 0 Å². The molecule has 3 rings (SSSR count). The van der Waals surface area contributed by atoms with E-state index in [-0.39, 0.29) is 24.8 Å². The van der Waals surface area contributed by atoms with Crippen molar-refractivity contribution in [3.05, 3.63) is 48.0 Å². The largest absolute Gasteiger partial charge is 0.480 e. The molecule has 1 heterocycles. The lowest BCUT2D eigenvalue weighted by Crippen LogP contribution is -2.33. The molecule has 0 unspecified atom stereocenters. The van der Waals surface area contributed by atoms with E-state index in [1.807, 2.05) is 32.2 Å². The SMILES string of the molecule is C[C@H](NC(=O)CC[C@H](N)C(=O)O)c1ccc2c(c1)c1ccccc1n2C. The van der Waals surface area contributed by atoms with Crippen LogP contribution in [0.3, 0.4) is 0 Å². The number of rotatable bonds is 6. The van der Waals surface area contributed by atoms with Crippen molar-refractivity contribution in [2.45, 2.75) is 31.8 Å². The number of fused-ring (bicyclic) bond motifs is 3. The molecule has 0 saturated heterocycles. The number of carbonyl (C=O) groups excluding carboxylic acids is 1. The Morgan fingerprint density at radius 2 is 1.85 bits per heavy atom. The number of benzene rings is 2. The zero-order valence-corrected chi connectivity index (χ0v) is 14.9. The van der Waals surface area contributed by atoms with Crippen molar-refractivity contribution in [2.24, 2.45) is 12.8 Å². The molecule has 0 aliphatic heterocycles. The second kappa shape index (κ2) is 7.17. The van der Waals surface area contributed by atoms with Gasteiger partial charge in [-0.25, -0.2) is 0 Å². The number of nitrogens with one attached hydrogen (secondary N) is 1. The highest BCUT2D eigenvalue weighted by Gasteiger charge is 2.16. The highest BCUT2D eigenvalue weighted by Crippen LogP contribution is 2.30. The van der Waals surface area contributed by atoms with E-state index in [0.29, 0.717) is 0 Å². The summed E-state index contributed by atoms with van der Waals surface area (Å²) in [5.41, 5.74) is 8.75. The first-order chi connectivity index (χ1) is 12.4. The summed E-state index contributed by atoms with van der Waals surface area (Å²) in [6.45, 7) is 1.92. The van der Waals surface area contributed by atoms with Crippen molar-refractivity contribution in [1.29, 1.82) is 0 Å². The number of hydrogen-bond acceptors (Lipinski definition) is 3. The van der Waals surface area contributed by atoms with Gasteiger partial charge in [0, 0.05) is 35.3 Å². The maximum atomic E-state index is 12.1. The van der Waals surface area contributed by atoms with E-state index in [1.165, 1.54) is 10.9 Å². The molecule has 0 aliphatic carbocycles. The number of aromatic nitrogens is 1. The molecule has 1 amide bonds. The summed E-state index contributed by atoms with van der Waals surface area (Å²) in [7, 11) is 2.04. The number of carboxylic acid groups (broad SMARTS) is 1. The van der Waals surface area contributed by atoms with Crippen LogP contribution in [-0.4, -0.2) is 27.6 Å². The molecule has 0 bridgehead atoms. The first kappa shape index (κ1) is 17.9. The fourth-order valence-corrected chi connectivity index (χ4v) is 3.26. The zero-order valence-electron chi connectivity index (χ0n) is 14.9. The van der Waals surface area contributed by atoms with Gasteiger partial charge in [-0.1, -0.05) is 24.3 Å². The molecule has 3 aromatic rings. The summed E-state index contributed by atoms with van der Waals surface area (Å²) in [5.74, 6) is -1.29. The van der Waals surface area contributed by atoms with Crippen molar-refractivity contribution < 1.29 is 14.7 Å². The first-order valence-electron chi connectivity index (χ1n) is 8.63. The minimum Gasteiger partial charge on any atom is -0.480 e. The fourth-order valence-electron chi connectivity index (χ4n) is 3.26. The van der Waals surface area contributed by atoms with Gasteiger partial charge in [0.2, 0.25) is 5.91 Å². The number of nitrogens with two attached hydrogens (primary N) is 1. The summed E-state index contributed by atoms with van der Waals surface area (Å²) in [6, 6.07) is 13.2. The van der Waals surface area contributed by atoms with E-state index in [9.17, 15) is 9.59 Å². The Labute approximate surface area is 151 Å². The molecular weight excluding hydrogens is 330 g/mol. The van der Waals surface area contributed by atoms with E-state index in [4.69, 9.17) is 10.8 Å². The Balaban J connectivity index is 1.78. The lowest BCUT2D eigenvalue weighted by Gasteiger charge is -2.15. The van der Waals surface area contributed by atoms with Crippen molar-refractivity contribution in [3.8, 4) is 0 Å². The van der Waals surface area contributed by atoms with Gasteiger partial charge in [-0.15, -0.1) is 0 Å². The van der Waals surface area contributed by atoms with Gasteiger partial charge in [-0.3, -0.25) is 9.59 Å². The van der Waals surface area contributed by atoms with Crippen LogP contribution in [0, 0.1) is 0 Å². The van der Waals surface area contributed by atoms with Gasteiger partial charge in [-0.2, -0.15) is 0 Å². The third-order valence-corrected chi connectivity index (χ3v) is 4.81. The van der Waals surface area contributed by atoms with E-state index in [0.717, 1.165) is 16.5 Å². The Hall–Kier alpha value is -2.86. The zero-order chi connectivity index (χ0) is 18.8. The normalized spacial score (nSPS) is 13.7. The molecule has 0 saturated carbocycles. The topological polar surface area (TPSA) is 97.3 Å². The number of para-hydroxylation sites is 1. The Bertz CT molecular complexity index is 977.